The number of aryl methyl sites for hydroxylation is 1. The van der Waals surface area contributed by atoms with Gasteiger partial charge in [0, 0.05) is 0 Å². The quantitative estimate of drug-likeness (QED) is 0.556. The number of rotatable bonds is 0. The van der Waals surface area contributed by atoms with E-state index in [0.717, 1.165) is 0 Å². The molecule has 2 heterocycles. The maximum absolute atomic E-state index is 4.48. The van der Waals surface area contributed by atoms with Crippen LogP contribution in [0, 0.1) is 6.92 Å². The van der Waals surface area contributed by atoms with Crippen LogP contribution < -0.4 is 0 Å². The van der Waals surface area contributed by atoms with E-state index in [1.165, 1.54) is 25.0 Å². The Hall–Kier alpha value is -1.11. The molecule has 0 aliphatic heterocycles. The van der Waals surface area contributed by atoms with Crippen LogP contribution in [0.4, 0.5) is 0 Å². The molecule has 1 aromatic carbocycles. The second kappa shape index (κ2) is 2.94. The molecule has 0 aliphatic carbocycles. The van der Waals surface area contributed by atoms with Crippen LogP contribution in [0.1, 0.15) is 5.56 Å². The zero-order valence-electron chi connectivity index (χ0n) is 7.82. The summed E-state index contributed by atoms with van der Waals surface area (Å²) in [6.45, 7) is 2.17. The number of hydrogen-bond donors (Lipinski definition) is 0. The van der Waals surface area contributed by atoms with Crippen molar-refractivity contribution >= 4 is 33.9 Å². The molecule has 0 N–H and O–H groups in total. The minimum absolute atomic E-state index is 0.463. The van der Waals surface area contributed by atoms with Gasteiger partial charge in [0.15, 0.2) is 0 Å². The van der Waals surface area contributed by atoms with E-state index in [2.05, 4.69) is 36.2 Å². The minimum atomic E-state index is 0.463. The normalized spacial score (nSPS) is 11.2. The van der Waals surface area contributed by atoms with Crippen LogP contribution in [0.3, 0.4) is 0 Å². The Morgan fingerprint density at radius 1 is 1.07 bits per heavy atom. The molecule has 3 aromatic rings. The molecule has 2 aromatic heterocycles. The third-order valence-corrected chi connectivity index (χ3v) is 4.79. The Kier molecular flexibility index (Phi) is 1.73. The summed E-state index contributed by atoms with van der Waals surface area (Å²) >= 11 is 0.463. The van der Waals surface area contributed by atoms with Gasteiger partial charge in [-0.05, 0) is 0 Å². The molecule has 0 bridgehead atoms. The van der Waals surface area contributed by atoms with Crippen molar-refractivity contribution in [3.05, 3.63) is 42.1 Å². The molecule has 0 saturated carbocycles. The molecule has 14 heavy (non-hydrogen) atoms. The van der Waals surface area contributed by atoms with Gasteiger partial charge >= 0.3 is 87.9 Å². The summed E-state index contributed by atoms with van der Waals surface area (Å²) in [7, 11) is 0. The summed E-state index contributed by atoms with van der Waals surface area (Å²) in [5.74, 6) is 0. The zero-order valence-corrected chi connectivity index (χ0v) is 9.53. The van der Waals surface area contributed by atoms with Gasteiger partial charge in [0.2, 0.25) is 0 Å². The van der Waals surface area contributed by atoms with Crippen molar-refractivity contribution in [3.63, 3.8) is 0 Å². The molecule has 3 rings (SSSR count). The van der Waals surface area contributed by atoms with Crippen molar-refractivity contribution < 1.29 is 0 Å². The Labute approximate surface area is 88.1 Å². The van der Waals surface area contributed by atoms with E-state index in [-0.39, 0.29) is 0 Å². The fourth-order valence-corrected chi connectivity index (χ4v) is 4.20. The Balaban J connectivity index is 2.65. The first-order valence-electron chi connectivity index (χ1n) is 4.59. The first-order chi connectivity index (χ1) is 6.86. The van der Waals surface area contributed by atoms with Crippen molar-refractivity contribution in [1.82, 2.24) is 4.98 Å². The molecule has 0 amide bonds. The topological polar surface area (TPSA) is 12.9 Å². The summed E-state index contributed by atoms with van der Waals surface area (Å²) < 4.78 is 2.90. The van der Waals surface area contributed by atoms with E-state index in [0.29, 0.717) is 14.5 Å². The Bertz CT molecular complexity index is 610. The summed E-state index contributed by atoms with van der Waals surface area (Å²) in [4.78, 5) is 4.48. The van der Waals surface area contributed by atoms with E-state index >= 15 is 0 Å². The number of fused-ring (bicyclic) bond motifs is 3. The molecule has 0 saturated heterocycles. The van der Waals surface area contributed by atoms with Gasteiger partial charge in [-0.1, -0.05) is 0 Å². The molecule has 1 nitrogen and oxygen atoms in total. The van der Waals surface area contributed by atoms with Crippen molar-refractivity contribution in [2.45, 2.75) is 6.92 Å². The van der Waals surface area contributed by atoms with Crippen LogP contribution in [0.5, 0.6) is 0 Å². The molecule has 0 fully saturated rings. The number of pyridine rings is 1. The van der Waals surface area contributed by atoms with Gasteiger partial charge in [0.25, 0.3) is 0 Å². The molecular weight excluding hydrogens is 237 g/mol. The summed E-state index contributed by atoms with van der Waals surface area (Å²) in [5, 5.41) is 1.38. The average Bonchev–Trinajstić information content (AvgIpc) is 2.57. The summed E-state index contributed by atoms with van der Waals surface area (Å²) in [6, 6.07) is 10.8. The molecular formula is C12H9NSe. The van der Waals surface area contributed by atoms with Gasteiger partial charge in [0.05, 0.1) is 0 Å². The van der Waals surface area contributed by atoms with Crippen LogP contribution in [0.25, 0.3) is 19.4 Å². The monoisotopic (exact) mass is 247 g/mol. The fourth-order valence-electron chi connectivity index (χ4n) is 1.81. The Morgan fingerprint density at radius 3 is 2.86 bits per heavy atom. The van der Waals surface area contributed by atoms with Gasteiger partial charge < -0.3 is 0 Å². The van der Waals surface area contributed by atoms with Gasteiger partial charge in [0.1, 0.15) is 0 Å². The second-order valence-electron chi connectivity index (χ2n) is 3.40. The van der Waals surface area contributed by atoms with Crippen molar-refractivity contribution in [2.75, 3.05) is 0 Å². The summed E-state index contributed by atoms with van der Waals surface area (Å²) in [6.07, 6.45) is 1.89. The Morgan fingerprint density at radius 2 is 1.93 bits per heavy atom. The molecule has 0 radical (unpaired) electrons. The van der Waals surface area contributed by atoms with E-state index in [9.17, 15) is 0 Å². The van der Waals surface area contributed by atoms with Gasteiger partial charge in [-0.15, -0.1) is 0 Å². The first-order valence-corrected chi connectivity index (χ1v) is 6.30. The van der Waals surface area contributed by atoms with E-state index in [4.69, 9.17) is 0 Å². The fraction of sp³-hybridized carbons (Fsp3) is 0.0833. The maximum atomic E-state index is 4.48. The van der Waals surface area contributed by atoms with E-state index < -0.39 is 0 Å². The first kappa shape index (κ1) is 8.22. The van der Waals surface area contributed by atoms with Crippen LogP contribution >= 0.6 is 0 Å². The molecule has 2 heteroatoms. The van der Waals surface area contributed by atoms with E-state index in [1.54, 1.807) is 0 Å². The van der Waals surface area contributed by atoms with Crippen LogP contribution in [-0.2, 0) is 0 Å². The molecule has 0 aliphatic rings. The van der Waals surface area contributed by atoms with Crippen LogP contribution in [0.15, 0.2) is 36.5 Å². The van der Waals surface area contributed by atoms with Crippen molar-refractivity contribution in [2.24, 2.45) is 0 Å². The standard InChI is InChI=1S/C12H9NSe/c1-8-4-2-5-9-11(8)12-10(14-9)6-3-7-13-12/h2-7H,1H3. The third-order valence-electron chi connectivity index (χ3n) is 2.46. The average molecular weight is 246 g/mol. The number of benzene rings is 1. The predicted octanol–water partition coefficient (Wildman–Crippen LogP) is 2.75. The predicted molar refractivity (Wildman–Crippen MR) is 60.9 cm³/mol. The number of nitrogens with zero attached hydrogens (tertiary/aromatic N) is 1. The van der Waals surface area contributed by atoms with Crippen molar-refractivity contribution in [3.8, 4) is 0 Å². The second-order valence-corrected chi connectivity index (χ2v) is 5.67. The van der Waals surface area contributed by atoms with Crippen LogP contribution in [0.2, 0.25) is 0 Å². The van der Waals surface area contributed by atoms with E-state index in [1.807, 2.05) is 12.3 Å². The van der Waals surface area contributed by atoms with Gasteiger partial charge in [-0.25, -0.2) is 0 Å². The zero-order chi connectivity index (χ0) is 9.54. The molecule has 0 atom stereocenters. The number of aromatic nitrogens is 1. The molecule has 68 valence electrons. The van der Waals surface area contributed by atoms with Gasteiger partial charge in [-0.3, -0.25) is 0 Å². The third kappa shape index (κ3) is 1.05. The molecule has 0 spiro atoms. The van der Waals surface area contributed by atoms with Gasteiger partial charge in [-0.2, -0.15) is 0 Å². The summed E-state index contributed by atoms with van der Waals surface area (Å²) in [5.41, 5.74) is 2.56. The number of hydrogen-bond acceptors (Lipinski definition) is 1. The van der Waals surface area contributed by atoms with Crippen molar-refractivity contribution in [1.29, 1.82) is 0 Å². The van der Waals surface area contributed by atoms with Crippen LogP contribution in [-0.4, -0.2) is 19.5 Å². The SMILES string of the molecule is Cc1cccc2[se]c3cccnc3c12. The molecule has 0 unspecified atom stereocenters.